The quantitative estimate of drug-likeness (QED) is 0.878. The van der Waals surface area contributed by atoms with Crippen LogP contribution in [0, 0.1) is 5.82 Å². The van der Waals surface area contributed by atoms with Crippen molar-refractivity contribution in [3.8, 4) is 0 Å². The molecule has 2 aliphatic heterocycles. The Morgan fingerprint density at radius 2 is 2.10 bits per heavy atom. The largest absolute Gasteiger partial charge is 0.377 e. The molecule has 2 fully saturated rings. The molecule has 5 nitrogen and oxygen atoms in total. The predicted octanol–water partition coefficient (Wildman–Crippen LogP) is 0.555. The molecule has 2 amide bonds. The number of benzene rings is 1. The summed E-state index contributed by atoms with van der Waals surface area (Å²) < 4.78 is 18.3. The van der Waals surface area contributed by atoms with Crippen LogP contribution in [0.5, 0.6) is 0 Å². The average Bonchev–Trinajstić information content (AvgIpc) is 2.45. The van der Waals surface area contributed by atoms with Crippen molar-refractivity contribution in [2.45, 2.75) is 18.5 Å². The van der Waals surface area contributed by atoms with Gasteiger partial charge in [-0.05, 0) is 24.6 Å². The van der Waals surface area contributed by atoms with Crippen LogP contribution < -0.4 is 5.32 Å². The fraction of sp³-hybridized carbons (Fsp3) is 0.429. The first-order valence-electron chi connectivity index (χ1n) is 6.58. The second-order valence-electron chi connectivity index (χ2n) is 5.07. The van der Waals surface area contributed by atoms with Gasteiger partial charge in [-0.15, -0.1) is 0 Å². The third-order valence-electron chi connectivity index (χ3n) is 3.73. The number of ether oxygens (including phenoxy) is 1. The number of halogens is 1. The monoisotopic (exact) mass is 278 g/mol. The Morgan fingerprint density at radius 3 is 2.75 bits per heavy atom. The molecule has 0 aromatic heterocycles. The van der Waals surface area contributed by atoms with Gasteiger partial charge in [0.25, 0.3) is 5.91 Å². The summed E-state index contributed by atoms with van der Waals surface area (Å²) in [5.41, 5.74) is 0.213. The number of nitrogens with zero attached hydrogens (tertiary/aromatic N) is 1. The topological polar surface area (TPSA) is 58.6 Å². The van der Waals surface area contributed by atoms with E-state index in [9.17, 15) is 14.0 Å². The Bertz CT molecular complexity index is 535. The van der Waals surface area contributed by atoms with Crippen molar-refractivity contribution in [2.24, 2.45) is 0 Å². The molecule has 0 saturated carbocycles. The van der Waals surface area contributed by atoms with Crippen molar-refractivity contribution in [3.63, 3.8) is 0 Å². The normalized spacial score (nSPS) is 23.9. The lowest BCUT2D eigenvalue weighted by Crippen LogP contribution is -2.66. The van der Waals surface area contributed by atoms with Crippen molar-refractivity contribution in [1.29, 1.82) is 0 Å². The van der Waals surface area contributed by atoms with Crippen LogP contribution in [0.15, 0.2) is 24.3 Å². The molecule has 20 heavy (non-hydrogen) atoms. The van der Waals surface area contributed by atoms with Gasteiger partial charge in [0.1, 0.15) is 5.82 Å². The van der Waals surface area contributed by atoms with E-state index in [4.69, 9.17) is 4.74 Å². The molecule has 2 bridgehead atoms. The molecule has 2 atom stereocenters. The fourth-order valence-electron chi connectivity index (χ4n) is 2.72. The van der Waals surface area contributed by atoms with Gasteiger partial charge in [0.15, 0.2) is 0 Å². The highest BCUT2D eigenvalue weighted by molar-refractivity contribution is 5.96. The maximum absolute atomic E-state index is 13.0. The van der Waals surface area contributed by atoms with E-state index in [0.717, 1.165) is 12.5 Å². The Morgan fingerprint density at radius 1 is 1.35 bits per heavy atom. The van der Waals surface area contributed by atoms with Gasteiger partial charge >= 0.3 is 0 Å². The molecular weight excluding hydrogens is 263 g/mol. The standard InChI is InChI=1S/C14H15FN2O3/c15-10-3-1-2-9(4-10)14(19)16-6-13(18)17-11-5-12(17)8-20-7-11/h1-4,11-12H,5-8H2,(H,16,19). The van der Waals surface area contributed by atoms with Gasteiger partial charge in [0.2, 0.25) is 5.91 Å². The molecule has 106 valence electrons. The highest BCUT2D eigenvalue weighted by Crippen LogP contribution is 2.30. The molecular formula is C14H15FN2O3. The summed E-state index contributed by atoms with van der Waals surface area (Å²) in [6.45, 7) is 1.07. The lowest BCUT2D eigenvalue weighted by atomic mass is 9.91. The molecule has 1 N–H and O–H groups in total. The van der Waals surface area contributed by atoms with Crippen LogP contribution in [0.25, 0.3) is 0 Å². The molecule has 2 saturated heterocycles. The van der Waals surface area contributed by atoms with E-state index in [1.807, 2.05) is 0 Å². The zero-order chi connectivity index (χ0) is 14.1. The van der Waals surface area contributed by atoms with E-state index in [1.165, 1.54) is 18.2 Å². The number of hydrogen-bond donors (Lipinski definition) is 1. The smallest absolute Gasteiger partial charge is 0.251 e. The first-order chi connectivity index (χ1) is 9.65. The number of rotatable bonds is 3. The minimum atomic E-state index is -0.474. The van der Waals surface area contributed by atoms with Gasteiger partial charge in [-0.25, -0.2) is 4.39 Å². The predicted molar refractivity (Wildman–Crippen MR) is 68.6 cm³/mol. The number of fused-ring (bicyclic) bond motifs is 2. The van der Waals surface area contributed by atoms with Crippen LogP contribution in [0.3, 0.4) is 0 Å². The molecule has 0 aliphatic carbocycles. The number of amides is 2. The summed E-state index contributed by atoms with van der Waals surface area (Å²) in [7, 11) is 0. The lowest BCUT2D eigenvalue weighted by Gasteiger charge is -2.52. The minimum Gasteiger partial charge on any atom is -0.377 e. The van der Waals surface area contributed by atoms with E-state index in [0.29, 0.717) is 13.2 Å². The summed E-state index contributed by atoms with van der Waals surface area (Å²) in [4.78, 5) is 25.6. The zero-order valence-electron chi connectivity index (χ0n) is 10.8. The van der Waals surface area contributed by atoms with Gasteiger partial charge in [-0.3, -0.25) is 9.59 Å². The number of nitrogens with one attached hydrogen (secondary N) is 1. The van der Waals surface area contributed by atoms with Gasteiger partial charge < -0.3 is 15.0 Å². The van der Waals surface area contributed by atoms with Crippen LogP contribution in [-0.2, 0) is 9.53 Å². The van der Waals surface area contributed by atoms with Gasteiger partial charge in [-0.1, -0.05) is 6.07 Å². The molecule has 3 rings (SSSR count). The third-order valence-corrected chi connectivity index (χ3v) is 3.73. The number of hydrogen-bond acceptors (Lipinski definition) is 3. The Balaban J connectivity index is 1.54. The van der Waals surface area contributed by atoms with Crippen LogP contribution in [0.1, 0.15) is 16.8 Å². The SMILES string of the molecule is O=C(NCC(=O)N1C2COCC1C2)c1cccc(F)c1. The summed E-state index contributed by atoms with van der Waals surface area (Å²) >= 11 is 0. The summed E-state index contributed by atoms with van der Waals surface area (Å²) in [6.07, 6.45) is 0.976. The average molecular weight is 278 g/mol. The molecule has 0 radical (unpaired) electrons. The molecule has 6 heteroatoms. The zero-order valence-corrected chi connectivity index (χ0v) is 10.8. The van der Waals surface area contributed by atoms with Gasteiger partial charge in [0, 0.05) is 5.56 Å². The Hall–Kier alpha value is -1.95. The van der Waals surface area contributed by atoms with E-state index >= 15 is 0 Å². The third kappa shape index (κ3) is 2.38. The van der Waals surface area contributed by atoms with E-state index in [1.54, 1.807) is 4.90 Å². The maximum atomic E-state index is 13.0. The Labute approximate surface area is 115 Å². The molecule has 2 unspecified atom stereocenters. The number of carbonyl (C=O) groups is 2. The Kier molecular flexibility index (Phi) is 3.40. The van der Waals surface area contributed by atoms with Crippen molar-refractivity contribution < 1.29 is 18.7 Å². The number of morpholine rings is 1. The van der Waals surface area contributed by atoms with Crippen LogP contribution in [-0.4, -0.2) is 48.6 Å². The van der Waals surface area contributed by atoms with Crippen LogP contribution in [0.2, 0.25) is 0 Å². The summed E-state index contributed by atoms with van der Waals surface area (Å²) in [5, 5.41) is 2.53. The van der Waals surface area contributed by atoms with Crippen molar-refractivity contribution in [3.05, 3.63) is 35.6 Å². The van der Waals surface area contributed by atoms with E-state index in [-0.39, 0.29) is 30.1 Å². The summed E-state index contributed by atoms with van der Waals surface area (Å²) in [6, 6.07) is 5.67. The van der Waals surface area contributed by atoms with Crippen LogP contribution in [0.4, 0.5) is 4.39 Å². The highest BCUT2D eigenvalue weighted by Gasteiger charge is 2.44. The van der Waals surface area contributed by atoms with Crippen molar-refractivity contribution in [1.82, 2.24) is 10.2 Å². The minimum absolute atomic E-state index is 0.0671. The molecule has 2 aliphatic rings. The van der Waals surface area contributed by atoms with Crippen molar-refractivity contribution >= 4 is 11.8 Å². The van der Waals surface area contributed by atoms with E-state index in [2.05, 4.69) is 5.32 Å². The van der Waals surface area contributed by atoms with Gasteiger partial charge in [0.05, 0.1) is 31.8 Å². The maximum Gasteiger partial charge on any atom is 0.251 e. The first-order valence-corrected chi connectivity index (χ1v) is 6.58. The lowest BCUT2D eigenvalue weighted by molar-refractivity contribution is -0.166. The summed E-state index contributed by atoms with van der Waals surface area (Å²) in [5.74, 6) is -1.03. The fourth-order valence-corrected chi connectivity index (χ4v) is 2.72. The highest BCUT2D eigenvalue weighted by atomic mass is 19.1. The second-order valence-corrected chi connectivity index (χ2v) is 5.07. The van der Waals surface area contributed by atoms with Crippen molar-refractivity contribution in [2.75, 3.05) is 19.8 Å². The number of carbonyl (C=O) groups excluding carboxylic acids is 2. The van der Waals surface area contributed by atoms with Crippen LogP contribution >= 0.6 is 0 Å². The molecule has 0 spiro atoms. The second kappa shape index (κ2) is 5.20. The van der Waals surface area contributed by atoms with Gasteiger partial charge in [-0.2, -0.15) is 0 Å². The first kappa shape index (κ1) is 13.1. The molecule has 1 aromatic carbocycles. The molecule has 2 heterocycles. The van der Waals surface area contributed by atoms with E-state index < -0.39 is 11.7 Å². The molecule has 1 aromatic rings.